The van der Waals surface area contributed by atoms with Gasteiger partial charge in [0.1, 0.15) is 5.75 Å². The fraction of sp³-hybridized carbons (Fsp3) is 0.588. The summed E-state index contributed by atoms with van der Waals surface area (Å²) < 4.78 is 24.9. The van der Waals surface area contributed by atoms with E-state index < -0.39 is 11.6 Å². The molecule has 122 valence electrons. The van der Waals surface area contributed by atoms with Crippen LogP contribution in [0.1, 0.15) is 32.3 Å². The van der Waals surface area contributed by atoms with Crippen molar-refractivity contribution in [2.45, 2.75) is 45.1 Å². The largest absolute Gasteiger partial charge is 0.496 e. The highest BCUT2D eigenvalue weighted by molar-refractivity contribution is 5.84. The van der Waals surface area contributed by atoms with Crippen molar-refractivity contribution in [1.82, 2.24) is 4.90 Å². The van der Waals surface area contributed by atoms with E-state index in [1.165, 1.54) is 13.8 Å². The molecule has 1 aliphatic heterocycles. The molecule has 0 unspecified atom stereocenters. The maximum absolute atomic E-state index is 13.7. The van der Waals surface area contributed by atoms with Crippen LogP contribution in [0.2, 0.25) is 0 Å². The summed E-state index contributed by atoms with van der Waals surface area (Å²) in [5.74, 6) is 0.380. The van der Waals surface area contributed by atoms with Crippen molar-refractivity contribution in [2.24, 2.45) is 0 Å². The first-order valence-corrected chi connectivity index (χ1v) is 7.63. The van der Waals surface area contributed by atoms with E-state index in [1.54, 1.807) is 12.0 Å². The van der Waals surface area contributed by atoms with Crippen LogP contribution in [-0.2, 0) is 16.1 Å². The molecule has 1 aromatic carbocycles. The van der Waals surface area contributed by atoms with Gasteiger partial charge in [-0.15, -0.1) is 0 Å². The second kappa shape index (κ2) is 7.09. The SMILES string of the molecule is COc1ccccc1COC1CCN(C(=O)C(C)(C)F)CC1. The monoisotopic (exact) mass is 309 g/mol. The second-order valence-corrected chi connectivity index (χ2v) is 6.09. The van der Waals surface area contributed by atoms with Gasteiger partial charge < -0.3 is 14.4 Å². The Morgan fingerprint density at radius 2 is 1.95 bits per heavy atom. The van der Waals surface area contributed by atoms with E-state index in [1.807, 2.05) is 24.3 Å². The van der Waals surface area contributed by atoms with Crippen LogP contribution in [0, 0.1) is 0 Å². The molecule has 0 atom stereocenters. The molecule has 0 bridgehead atoms. The van der Waals surface area contributed by atoms with Crippen LogP contribution in [0.15, 0.2) is 24.3 Å². The molecule has 1 fully saturated rings. The molecule has 0 aromatic heterocycles. The summed E-state index contributed by atoms with van der Waals surface area (Å²) in [6.45, 7) is 4.18. The van der Waals surface area contributed by atoms with Crippen molar-refractivity contribution >= 4 is 5.91 Å². The Morgan fingerprint density at radius 1 is 1.32 bits per heavy atom. The third-order valence-electron chi connectivity index (χ3n) is 3.90. The van der Waals surface area contributed by atoms with Gasteiger partial charge in [0.2, 0.25) is 0 Å². The number of nitrogens with zero attached hydrogens (tertiary/aromatic N) is 1. The predicted octanol–water partition coefficient (Wildman–Crippen LogP) is 2.95. The second-order valence-electron chi connectivity index (χ2n) is 6.09. The number of likely N-dealkylation sites (tertiary alicyclic amines) is 1. The first-order chi connectivity index (χ1) is 10.4. The van der Waals surface area contributed by atoms with Crippen molar-refractivity contribution in [2.75, 3.05) is 20.2 Å². The summed E-state index contributed by atoms with van der Waals surface area (Å²) in [6, 6.07) is 7.75. The molecule has 0 radical (unpaired) electrons. The smallest absolute Gasteiger partial charge is 0.259 e. The number of piperidine rings is 1. The number of halogens is 1. The topological polar surface area (TPSA) is 38.8 Å². The van der Waals surface area contributed by atoms with Crippen LogP contribution in [-0.4, -0.2) is 42.8 Å². The summed E-state index contributed by atoms with van der Waals surface area (Å²) in [7, 11) is 1.64. The summed E-state index contributed by atoms with van der Waals surface area (Å²) in [5, 5.41) is 0. The molecular formula is C17H24FNO3. The van der Waals surface area contributed by atoms with E-state index in [2.05, 4.69) is 0 Å². The Bertz CT molecular complexity index is 505. The van der Waals surface area contributed by atoms with E-state index in [0.29, 0.717) is 19.7 Å². The molecule has 0 spiro atoms. The average molecular weight is 309 g/mol. The number of rotatable bonds is 5. The Hall–Kier alpha value is -1.62. The molecule has 2 rings (SSSR count). The summed E-state index contributed by atoms with van der Waals surface area (Å²) in [4.78, 5) is 13.5. The Balaban J connectivity index is 1.82. The normalized spacial score (nSPS) is 16.6. The number of hydrogen-bond acceptors (Lipinski definition) is 3. The number of para-hydroxylation sites is 1. The number of carbonyl (C=O) groups is 1. The molecule has 0 N–H and O–H groups in total. The van der Waals surface area contributed by atoms with E-state index in [4.69, 9.17) is 9.47 Å². The first-order valence-electron chi connectivity index (χ1n) is 7.63. The lowest BCUT2D eigenvalue weighted by molar-refractivity contribution is -0.144. The quantitative estimate of drug-likeness (QED) is 0.839. The number of amides is 1. The van der Waals surface area contributed by atoms with Gasteiger partial charge in [0.05, 0.1) is 19.8 Å². The highest BCUT2D eigenvalue weighted by atomic mass is 19.1. The minimum atomic E-state index is -1.80. The number of ether oxygens (including phenoxy) is 2. The van der Waals surface area contributed by atoms with Gasteiger partial charge >= 0.3 is 0 Å². The average Bonchev–Trinajstić information content (AvgIpc) is 2.52. The summed E-state index contributed by atoms with van der Waals surface area (Å²) in [5.41, 5.74) is -0.793. The van der Waals surface area contributed by atoms with Crippen molar-refractivity contribution in [3.05, 3.63) is 29.8 Å². The molecular weight excluding hydrogens is 285 g/mol. The van der Waals surface area contributed by atoms with Gasteiger partial charge in [-0.1, -0.05) is 18.2 Å². The van der Waals surface area contributed by atoms with Crippen LogP contribution < -0.4 is 4.74 Å². The van der Waals surface area contributed by atoms with E-state index in [0.717, 1.165) is 24.2 Å². The molecule has 0 aliphatic carbocycles. The van der Waals surface area contributed by atoms with Crippen LogP contribution in [0.25, 0.3) is 0 Å². The van der Waals surface area contributed by atoms with Crippen LogP contribution >= 0.6 is 0 Å². The number of benzene rings is 1. The van der Waals surface area contributed by atoms with Gasteiger partial charge in [0.25, 0.3) is 5.91 Å². The van der Waals surface area contributed by atoms with Crippen molar-refractivity contribution < 1.29 is 18.7 Å². The maximum atomic E-state index is 13.7. The Morgan fingerprint density at radius 3 is 2.55 bits per heavy atom. The fourth-order valence-corrected chi connectivity index (χ4v) is 2.63. The number of alkyl halides is 1. The molecule has 22 heavy (non-hydrogen) atoms. The fourth-order valence-electron chi connectivity index (χ4n) is 2.63. The molecule has 1 amide bonds. The third kappa shape index (κ3) is 4.19. The summed E-state index contributed by atoms with van der Waals surface area (Å²) in [6.07, 6.45) is 1.56. The van der Waals surface area contributed by atoms with Gasteiger partial charge in [0.15, 0.2) is 5.67 Å². The lowest BCUT2D eigenvalue weighted by Gasteiger charge is -2.34. The number of methoxy groups -OCH3 is 1. The Labute approximate surface area is 131 Å². The standard InChI is InChI=1S/C17H24FNO3/c1-17(2,18)16(20)19-10-8-14(9-11-19)22-12-13-6-4-5-7-15(13)21-3/h4-7,14H,8-12H2,1-3H3. The molecule has 4 nitrogen and oxygen atoms in total. The zero-order valence-corrected chi connectivity index (χ0v) is 13.5. The lowest BCUT2D eigenvalue weighted by atomic mass is 10.0. The van der Waals surface area contributed by atoms with Crippen LogP contribution in [0.3, 0.4) is 0 Å². The Kier molecular flexibility index (Phi) is 5.40. The highest BCUT2D eigenvalue weighted by Gasteiger charge is 2.33. The molecule has 5 heteroatoms. The van der Waals surface area contributed by atoms with Crippen molar-refractivity contribution in [3.63, 3.8) is 0 Å². The lowest BCUT2D eigenvalue weighted by Crippen LogP contribution is -2.47. The van der Waals surface area contributed by atoms with E-state index in [9.17, 15) is 9.18 Å². The molecule has 0 saturated carbocycles. The van der Waals surface area contributed by atoms with Crippen molar-refractivity contribution in [1.29, 1.82) is 0 Å². The first kappa shape index (κ1) is 16.7. The predicted molar refractivity (Wildman–Crippen MR) is 82.6 cm³/mol. The molecule has 1 aliphatic rings. The maximum Gasteiger partial charge on any atom is 0.259 e. The summed E-state index contributed by atoms with van der Waals surface area (Å²) >= 11 is 0. The number of hydrogen-bond donors (Lipinski definition) is 0. The third-order valence-corrected chi connectivity index (χ3v) is 3.90. The van der Waals surface area contributed by atoms with Gasteiger partial charge in [0, 0.05) is 18.7 Å². The molecule has 1 saturated heterocycles. The number of carbonyl (C=O) groups excluding carboxylic acids is 1. The molecule has 1 heterocycles. The van der Waals surface area contributed by atoms with E-state index in [-0.39, 0.29) is 6.10 Å². The highest BCUT2D eigenvalue weighted by Crippen LogP contribution is 2.23. The van der Waals surface area contributed by atoms with Gasteiger partial charge in [-0.05, 0) is 32.8 Å². The zero-order chi connectivity index (χ0) is 16.2. The van der Waals surface area contributed by atoms with Gasteiger partial charge in [-0.2, -0.15) is 0 Å². The minimum Gasteiger partial charge on any atom is -0.496 e. The van der Waals surface area contributed by atoms with E-state index >= 15 is 0 Å². The van der Waals surface area contributed by atoms with Crippen LogP contribution in [0.4, 0.5) is 4.39 Å². The van der Waals surface area contributed by atoms with Crippen LogP contribution in [0.5, 0.6) is 5.75 Å². The minimum absolute atomic E-state index is 0.0942. The zero-order valence-electron chi connectivity index (χ0n) is 13.5. The molecule has 1 aromatic rings. The van der Waals surface area contributed by atoms with Gasteiger partial charge in [-0.3, -0.25) is 4.79 Å². The van der Waals surface area contributed by atoms with Crippen molar-refractivity contribution in [3.8, 4) is 5.75 Å². The van der Waals surface area contributed by atoms with Gasteiger partial charge in [-0.25, -0.2) is 4.39 Å².